The fraction of sp³-hybridized carbons (Fsp3) is 0.588. The van der Waals surface area contributed by atoms with Crippen LogP contribution in [-0.4, -0.2) is 40.1 Å². The number of hydrogen-bond donors (Lipinski definition) is 2. The third kappa shape index (κ3) is 4.34. The molecule has 6 nitrogen and oxygen atoms in total. The molecule has 0 radical (unpaired) electrons. The summed E-state index contributed by atoms with van der Waals surface area (Å²) in [4.78, 5) is 12.0. The van der Waals surface area contributed by atoms with Crippen molar-refractivity contribution in [2.75, 3.05) is 19.7 Å². The Morgan fingerprint density at radius 2 is 1.96 bits per heavy atom. The van der Waals surface area contributed by atoms with Crippen molar-refractivity contribution in [1.82, 2.24) is 10.0 Å². The van der Waals surface area contributed by atoms with Gasteiger partial charge < -0.3 is 10.1 Å². The van der Waals surface area contributed by atoms with Gasteiger partial charge in [0.05, 0.1) is 17.5 Å². The van der Waals surface area contributed by atoms with E-state index < -0.39 is 10.0 Å². The number of aryl methyl sites for hydroxylation is 2. The molecule has 3 rings (SSSR count). The topological polar surface area (TPSA) is 84.5 Å². The van der Waals surface area contributed by atoms with Crippen LogP contribution in [0.5, 0.6) is 0 Å². The molecule has 0 saturated carbocycles. The fourth-order valence-corrected chi connectivity index (χ4v) is 4.25. The van der Waals surface area contributed by atoms with Gasteiger partial charge in [-0.05, 0) is 61.8 Å². The van der Waals surface area contributed by atoms with Crippen LogP contribution in [0.1, 0.15) is 36.8 Å². The maximum absolute atomic E-state index is 12.4. The van der Waals surface area contributed by atoms with Crippen LogP contribution in [0.2, 0.25) is 0 Å². The summed E-state index contributed by atoms with van der Waals surface area (Å²) in [6.07, 6.45) is 6.16. The number of ether oxygens (including phenoxy) is 1. The highest BCUT2D eigenvalue weighted by Crippen LogP contribution is 2.23. The number of sulfonamides is 1. The van der Waals surface area contributed by atoms with E-state index in [4.69, 9.17) is 4.74 Å². The lowest BCUT2D eigenvalue weighted by molar-refractivity contribution is -0.120. The molecule has 0 bridgehead atoms. The Morgan fingerprint density at radius 3 is 2.71 bits per heavy atom. The minimum absolute atomic E-state index is 0.0474. The summed E-state index contributed by atoms with van der Waals surface area (Å²) in [5.74, 6) is -0.341. The number of carbonyl (C=O) groups excluding carboxylic acids is 1. The maximum atomic E-state index is 12.4. The zero-order chi connectivity index (χ0) is 17.0. The van der Waals surface area contributed by atoms with Crippen molar-refractivity contribution in [1.29, 1.82) is 0 Å². The molecule has 0 aromatic heterocycles. The lowest BCUT2D eigenvalue weighted by Gasteiger charge is -2.17. The molecule has 1 aliphatic heterocycles. The zero-order valence-electron chi connectivity index (χ0n) is 13.7. The van der Waals surface area contributed by atoms with Gasteiger partial charge in [0.1, 0.15) is 0 Å². The lowest BCUT2D eigenvalue weighted by atomic mass is 9.92. The van der Waals surface area contributed by atoms with E-state index in [1.807, 2.05) is 6.07 Å². The van der Waals surface area contributed by atoms with E-state index in [-0.39, 0.29) is 23.5 Å². The van der Waals surface area contributed by atoms with Crippen LogP contribution in [0.15, 0.2) is 23.1 Å². The summed E-state index contributed by atoms with van der Waals surface area (Å²) in [6.45, 7) is 0.900. The van der Waals surface area contributed by atoms with Gasteiger partial charge in [0.25, 0.3) is 0 Å². The Hall–Kier alpha value is -1.44. The van der Waals surface area contributed by atoms with Crippen molar-refractivity contribution in [3.05, 3.63) is 29.3 Å². The Morgan fingerprint density at radius 1 is 1.17 bits per heavy atom. The molecular formula is C17H24N2O4S. The van der Waals surface area contributed by atoms with Gasteiger partial charge in [-0.2, -0.15) is 0 Å². The number of amides is 1. The molecule has 1 saturated heterocycles. The summed E-state index contributed by atoms with van der Waals surface area (Å²) in [6, 6.07) is 5.25. The molecule has 1 aliphatic carbocycles. The molecule has 132 valence electrons. The number of hydrogen-bond acceptors (Lipinski definition) is 4. The van der Waals surface area contributed by atoms with Crippen molar-refractivity contribution < 1.29 is 17.9 Å². The third-order valence-electron chi connectivity index (χ3n) is 4.60. The van der Waals surface area contributed by atoms with E-state index in [1.165, 1.54) is 5.56 Å². The number of fused-ring (bicyclic) bond motifs is 1. The van der Waals surface area contributed by atoms with E-state index >= 15 is 0 Å². The predicted molar refractivity (Wildman–Crippen MR) is 90.3 cm³/mol. The lowest BCUT2D eigenvalue weighted by Crippen LogP contribution is -2.39. The minimum atomic E-state index is -3.67. The van der Waals surface area contributed by atoms with Crippen LogP contribution < -0.4 is 10.0 Å². The predicted octanol–water partition coefficient (Wildman–Crippen LogP) is 1.14. The quantitative estimate of drug-likeness (QED) is 0.804. The molecule has 1 heterocycles. The molecule has 1 aromatic carbocycles. The molecular weight excluding hydrogens is 328 g/mol. The number of nitrogens with one attached hydrogen (secondary N) is 2. The van der Waals surface area contributed by atoms with Gasteiger partial charge in [0, 0.05) is 13.2 Å². The monoisotopic (exact) mass is 352 g/mol. The van der Waals surface area contributed by atoms with Crippen LogP contribution in [0.3, 0.4) is 0 Å². The average Bonchev–Trinajstić information content (AvgIpc) is 3.11. The summed E-state index contributed by atoms with van der Waals surface area (Å²) in [7, 11) is -3.67. The average molecular weight is 352 g/mol. The molecule has 1 fully saturated rings. The number of rotatable bonds is 6. The second-order valence-corrected chi connectivity index (χ2v) is 8.17. The third-order valence-corrected chi connectivity index (χ3v) is 6.00. The van der Waals surface area contributed by atoms with Crippen LogP contribution in [0.4, 0.5) is 0 Å². The SMILES string of the molecule is O=C(CNS(=O)(=O)c1ccc2c(c1)CCCC2)NCC1CCCO1. The van der Waals surface area contributed by atoms with Gasteiger partial charge in [-0.25, -0.2) is 13.1 Å². The van der Waals surface area contributed by atoms with Gasteiger partial charge in [-0.15, -0.1) is 0 Å². The van der Waals surface area contributed by atoms with Crippen LogP contribution >= 0.6 is 0 Å². The zero-order valence-corrected chi connectivity index (χ0v) is 14.5. The normalized spacial score (nSPS) is 20.6. The molecule has 7 heteroatoms. The highest BCUT2D eigenvalue weighted by atomic mass is 32.2. The first kappa shape index (κ1) is 17.4. The van der Waals surface area contributed by atoms with E-state index in [0.29, 0.717) is 6.54 Å². The van der Waals surface area contributed by atoms with Crippen LogP contribution in [0, 0.1) is 0 Å². The van der Waals surface area contributed by atoms with Gasteiger partial charge in [0.2, 0.25) is 15.9 Å². The Labute approximate surface area is 143 Å². The first-order valence-corrected chi connectivity index (χ1v) is 10.0. The molecule has 1 unspecified atom stereocenters. The fourth-order valence-electron chi connectivity index (χ4n) is 3.22. The van der Waals surface area contributed by atoms with Crippen molar-refractivity contribution in [2.45, 2.75) is 49.5 Å². The Balaban J connectivity index is 1.54. The van der Waals surface area contributed by atoms with Gasteiger partial charge in [0.15, 0.2) is 0 Å². The second-order valence-electron chi connectivity index (χ2n) is 6.40. The Kier molecular flexibility index (Phi) is 5.53. The van der Waals surface area contributed by atoms with E-state index in [2.05, 4.69) is 10.0 Å². The Bertz CT molecular complexity index is 697. The van der Waals surface area contributed by atoms with E-state index in [9.17, 15) is 13.2 Å². The highest BCUT2D eigenvalue weighted by molar-refractivity contribution is 7.89. The summed E-state index contributed by atoms with van der Waals surface area (Å²) >= 11 is 0. The molecule has 1 aromatic rings. The number of benzene rings is 1. The molecule has 1 atom stereocenters. The molecule has 2 N–H and O–H groups in total. The molecule has 24 heavy (non-hydrogen) atoms. The van der Waals surface area contributed by atoms with E-state index in [1.54, 1.807) is 12.1 Å². The van der Waals surface area contributed by atoms with Crippen molar-refractivity contribution in [3.63, 3.8) is 0 Å². The molecule has 1 amide bonds. The van der Waals surface area contributed by atoms with Gasteiger partial charge >= 0.3 is 0 Å². The van der Waals surface area contributed by atoms with Crippen LogP contribution in [-0.2, 0) is 32.4 Å². The molecule has 0 spiro atoms. The number of carbonyl (C=O) groups is 1. The van der Waals surface area contributed by atoms with Crippen molar-refractivity contribution in [2.24, 2.45) is 0 Å². The summed E-state index contributed by atoms with van der Waals surface area (Å²) < 4.78 is 32.5. The highest BCUT2D eigenvalue weighted by Gasteiger charge is 2.20. The van der Waals surface area contributed by atoms with Crippen LogP contribution in [0.25, 0.3) is 0 Å². The van der Waals surface area contributed by atoms with Crippen molar-refractivity contribution >= 4 is 15.9 Å². The molecule has 2 aliphatic rings. The van der Waals surface area contributed by atoms with Crippen molar-refractivity contribution in [3.8, 4) is 0 Å². The standard InChI is InChI=1S/C17H24N2O4S/c20-17(18-11-15-6-3-9-23-15)12-19-24(21,22)16-8-7-13-4-1-2-5-14(13)10-16/h7-8,10,15,19H,1-6,9,11-12H2,(H,18,20). The maximum Gasteiger partial charge on any atom is 0.241 e. The summed E-state index contributed by atoms with van der Waals surface area (Å²) in [5.41, 5.74) is 2.33. The first-order chi connectivity index (χ1) is 11.5. The summed E-state index contributed by atoms with van der Waals surface area (Å²) in [5, 5.41) is 2.71. The first-order valence-electron chi connectivity index (χ1n) is 8.54. The van der Waals surface area contributed by atoms with E-state index in [0.717, 1.165) is 50.7 Å². The van der Waals surface area contributed by atoms with Gasteiger partial charge in [-0.3, -0.25) is 4.79 Å². The largest absolute Gasteiger partial charge is 0.376 e. The van der Waals surface area contributed by atoms with Gasteiger partial charge in [-0.1, -0.05) is 6.07 Å². The second kappa shape index (κ2) is 7.63. The minimum Gasteiger partial charge on any atom is -0.376 e. The smallest absolute Gasteiger partial charge is 0.241 e.